The van der Waals surface area contributed by atoms with E-state index in [-0.39, 0.29) is 40.7 Å². The molecule has 36 heavy (non-hydrogen) atoms. The monoisotopic (exact) mass is 527 g/mol. The van der Waals surface area contributed by atoms with Gasteiger partial charge in [-0.25, -0.2) is 9.78 Å². The van der Waals surface area contributed by atoms with E-state index < -0.39 is 6.03 Å². The maximum Gasteiger partial charge on any atom is 0.330 e. The number of urea groups is 1. The summed E-state index contributed by atoms with van der Waals surface area (Å²) in [5, 5.41) is 0.322. The molecule has 186 valence electrons. The molecule has 3 amide bonds. The van der Waals surface area contributed by atoms with Crippen LogP contribution in [0.3, 0.4) is 0 Å². The van der Waals surface area contributed by atoms with Gasteiger partial charge < -0.3 is 9.47 Å². The van der Waals surface area contributed by atoms with E-state index >= 15 is 0 Å². The van der Waals surface area contributed by atoms with Crippen LogP contribution in [-0.2, 0) is 17.9 Å². The number of anilines is 3. The first kappa shape index (κ1) is 25.3. The third-order valence-corrected chi connectivity index (χ3v) is 6.41. The van der Waals surface area contributed by atoms with Gasteiger partial charge in [-0.05, 0) is 11.6 Å². The number of carbonyl (C=O) groups excluding carboxylic acids is 2. The maximum absolute atomic E-state index is 14.0. The average molecular weight is 528 g/mol. The highest BCUT2D eigenvalue weighted by atomic mass is 35.5. The zero-order valence-corrected chi connectivity index (χ0v) is 21.4. The highest BCUT2D eigenvalue weighted by Gasteiger charge is 2.37. The Balaban J connectivity index is 1.87. The highest BCUT2D eigenvalue weighted by Crippen LogP contribution is 2.48. The van der Waals surface area contributed by atoms with Crippen LogP contribution in [0.5, 0.6) is 11.5 Å². The molecule has 1 aromatic heterocycles. The lowest BCUT2D eigenvalue weighted by molar-refractivity contribution is -0.113. The van der Waals surface area contributed by atoms with Gasteiger partial charge in [-0.3, -0.25) is 19.5 Å². The minimum atomic E-state index is -0.423. The standard InChI is InChI=1S/C25H23Cl2N5O4/c1-5-19(33)30(2)24-28-12-16-14-31(22-20(26)17(35-3)11-18(36-4)21(22)27)25(34)32(23(16)29-24)13-15-9-7-6-8-10-15/h5-12H,1,13-14H2,2-4H3. The topological polar surface area (TPSA) is 88.1 Å². The van der Waals surface area contributed by atoms with Gasteiger partial charge >= 0.3 is 6.03 Å². The van der Waals surface area contributed by atoms with E-state index in [0.29, 0.717) is 22.9 Å². The van der Waals surface area contributed by atoms with E-state index in [1.165, 1.54) is 36.0 Å². The number of hydrogen-bond acceptors (Lipinski definition) is 6. The number of benzene rings is 2. The molecule has 2 aromatic carbocycles. The number of amides is 3. The summed E-state index contributed by atoms with van der Waals surface area (Å²) in [4.78, 5) is 39.2. The van der Waals surface area contributed by atoms with Gasteiger partial charge in [0, 0.05) is 24.9 Å². The minimum Gasteiger partial charge on any atom is -0.495 e. The lowest BCUT2D eigenvalue weighted by Crippen LogP contribution is -2.48. The Labute approximate surface area is 218 Å². The molecular weight excluding hydrogens is 505 g/mol. The van der Waals surface area contributed by atoms with Crippen molar-refractivity contribution in [1.82, 2.24) is 9.97 Å². The van der Waals surface area contributed by atoms with Gasteiger partial charge in [0.15, 0.2) is 0 Å². The summed E-state index contributed by atoms with van der Waals surface area (Å²) in [6, 6.07) is 10.6. The summed E-state index contributed by atoms with van der Waals surface area (Å²) >= 11 is 13.3. The first-order valence-electron chi connectivity index (χ1n) is 10.8. The Bertz CT molecular complexity index is 1310. The number of carbonyl (C=O) groups is 2. The molecule has 1 aliphatic heterocycles. The number of likely N-dealkylation sites (N-methyl/N-ethyl adjacent to an activating group) is 1. The predicted octanol–water partition coefficient (Wildman–Crippen LogP) is 5.10. The summed E-state index contributed by atoms with van der Waals surface area (Å²) in [6.07, 6.45) is 2.73. The Morgan fingerprint density at radius 2 is 1.81 bits per heavy atom. The predicted molar refractivity (Wildman–Crippen MR) is 139 cm³/mol. The van der Waals surface area contributed by atoms with Crippen LogP contribution in [0.4, 0.5) is 22.2 Å². The molecule has 0 unspecified atom stereocenters. The van der Waals surface area contributed by atoms with Gasteiger partial charge in [0.25, 0.3) is 5.91 Å². The number of aromatic nitrogens is 2. The van der Waals surface area contributed by atoms with Gasteiger partial charge in [-0.2, -0.15) is 4.98 Å². The fourth-order valence-corrected chi connectivity index (χ4v) is 4.50. The van der Waals surface area contributed by atoms with Crippen molar-refractivity contribution in [3.8, 4) is 11.5 Å². The van der Waals surface area contributed by atoms with Gasteiger partial charge in [-0.1, -0.05) is 60.1 Å². The molecule has 1 aliphatic rings. The molecule has 0 N–H and O–H groups in total. The molecule has 0 bridgehead atoms. The summed E-state index contributed by atoms with van der Waals surface area (Å²) in [5.41, 5.74) is 1.74. The smallest absolute Gasteiger partial charge is 0.330 e. The van der Waals surface area contributed by atoms with Crippen LogP contribution in [0.25, 0.3) is 0 Å². The van der Waals surface area contributed by atoms with Crippen molar-refractivity contribution in [3.63, 3.8) is 0 Å². The fraction of sp³-hybridized carbons (Fsp3) is 0.200. The summed E-state index contributed by atoms with van der Waals surface area (Å²) in [6.45, 7) is 3.78. The van der Waals surface area contributed by atoms with E-state index in [1.807, 2.05) is 30.3 Å². The Hall–Kier alpha value is -3.82. The SMILES string of the molecule is C=CC(=O)N(C)c1ncc2c(n1)N(Cc1ccccc1)C(=O)N(c1c(Cl)c(OC)cc(OC)c1Cl)C2. The molecule has 0 aliphatic carbocycles. The van der Waals surface area contributed by atoms with Crippen molar-refractivity contribution in [1.29, 1.82) is 0 Å². The number of halogens is 2. The van der Waals surface area contributed by atoms with E-state index in [2.05, 4.69) is 16.5 Å². The Morgan fingerprint density at radius 1 is 1.17 bits per heavy atom. The van der Waals surface area contributed by atoms with Crippen LogP contribution in [-0.4, -0.2) is 43.2 Å². The zero-order valence-electron chi connectivity index (χ0n) is 19.9. The minimum absolute atomic E-state index is 0.0780. The van der Waals surface area contributed by atoms with Crippen LogP contribution in [0.15, 0.2) is 55.3 Å². The normalized spacial score (nSPS) is 12.8. The second kappa shape index (κ2) is 10.4. The van der Waals surface area contributed by atoms with Crippen molar-refractivity contribution in [2.75, 3.05) is 36.0 Å². The second-order valence-corrected chi connectivity index (χ2v) is 8.57. The fourth-order valence-electron chi connectivity index (χ4n) is 3.80. The van der Waals surface area contributed by atoms with Gasteiger partial charge in [0.1, 0.15) is 27.4 Å². The molecule has 0 fully saturated rings. The quantitative estimate of drug-likeness (QED) is 0.397. The van der Waals surface area contributed by atoms with Crippen molar-refractivity contribution in [3.05, 3.63) is 76.4 Å². The number of nitrogens with zero attached hydrogens (tertiary/aromatic N) is 5. The van der Waals surface area contributed by atoms with Crippen LogP contribution in [0, 0.1) is 0 Å². The van der Waals surface area contributed by atoms with Crippen molar-refractivity contribution in [2.24, 2.45) is 0 Å². The van der Waals surface area contributed by atoms with Crippen molar-refractivity contribution in [2.45, 2.75) is 13.1 Å². The molecule has 9 nitrogen and oxygen atoms in total. The molecule has 4 rings (SSSR count). The van der Waals surface area contributed by atoms with Crippen LogP contribution in [0.1, 0.15) is 11.1 Å². The number of hydrogen-bond donors (Lipinski definition) is 0. The third kappa shape index (κ3) is 4.55. The molecule has 0 radical (unpaired) electrons. The van der Waals surface area contributed by atoms with E-state index in [0.717, 1.165) is 11.6 Å². The maximum atomic E-state index is 14.0. The van der Waals surface area contributed by atoms with Crippen LogP contribution < -0.4 is 24.2 Å². The summed E-state index contributed by atoms with van der Waals surface area (Å²) in [7, 11) is 4.46. The Morgan fingerprint density at radius 3 is 2.39 bits per heavy atom. The van der Waals surface area contributed by atoms with Gasteiger partial charge in [0.2, 0.25) is 5.95 Å². The third-order valence-electron chi connectivity index (χ3n) is 5.68. The van der Waals surface area contributed by atoms with Gasteiger partial charge in [-0.15, -0.1) is 0 Å². The van der Waals surface area contributed by atoms with Crippen LogP contribution >= 0.6 is 23.2 Å². The van der Waals surface area contributed by atoms with E-state index in [4.69, 9.17) is 32.7 Å². The molecule has 2 heterocycles. The highest BCUT2D eigenvalue weighted by molar-refractivity contribution is 6.42. The lowest BCUT2D eigenvalue weighted by Gasteiger charge is -2.37. The summed E-state index contributed by atoms with van der Waals surface area (Å²) in [5.74, 6) is 0.734. The number of methoxy groups -OCH3 is 2. The molecule has 0 saturated heterocycles. The summed E-state index contributed by atoms with van der Waals surface area (Å²) < 4.78 is 10.8. The van der Waals surface area contributed by atoms with Crippen LogP contribution in [0.2, 0.25) is 10.0 Å². The molecule has 11 heteroatoms. The molecule has 3 aromatic rings. The largest absolute Gasteiger partial charge is 0.495 e. The first-order chi connectivity index (χ1) is 17.3. The molecule has 0 spiro atoms. The lowest BCUT2D eigenvalue weighted by atomic mass is 10.1. The number of ether oxygens (including phenoxy) is 2. The molecule has 0 atom stereocenters. The molecule has 0 saturated carbocycles. The Kier molecular flexibility index (Phi) is 7.32. The zero-order chi connectivity index (χ0) is 26.0. The first-order valence-corrected chi connectivity index (χ1v) is 11.5. The number of rotatable bonds is 7. The van der Waals surface area contributed by atoms with Crippen molar-refractivity contribution >= 4 is 52.6 Å². The molecular formula is C25H23Cl2N5O4. The second-order valence-electron chi connectivity index (χ2n) is 7.82. The average Bonchev–Trinajstić information content (AvgIpc) is 2.90. The van der Waals surface area contributed by atoms with Gasteiger partial charge in [0.05, 0.1) is 33.0 Å². The van der Waals surface area contributed by atoms with Crippen molar-refractivity contribution < 1.29 is 19.1 Å². The number of fused-ring (bicyclic) bond motifs is 1. The van der Waals surface area contributed by atoms with E-state index in [1.54, 1.807) is 12.3 Å². The van der Waals surface area contributed by atoms with E-state index in [9.17, 15) is 9.59 Å².